The maximum absolute atomic E-state index is 12.3. The van der Waals surface area contributed by atoms with Gasteiger partial charge in [0.1, 0.15) is 11.7 Å². The molecule has 100 valence electrons. The minimum Gasteiger partial charge on any atom is -0.395 e. The first-order chi connectivity index (χ1) is 8.35. The first kappa shape index (κ1) is 14.7. The van der Waals surface area contributed by atoms with Crippen molar-refractivity contribution in [3.63, 3.8) is 0 Å². The van der Waals surface area contributed by atoms with Crippen LogP contribution in [-0.4, -0.2) is 46.8 Å². The number of pyridine rings is 1. The van der Waals surface area contributed by atoms with E-state index in [1.54, 1.807) is 0 Å². The number of hydrogen-bond donors (Lipinski definition) is 1. The predicted molar refractivity (Wildman–Crippen MR) is 58.3 cm³/mol. The van der Waals surface area contributed by atoms with Gasteiger partial charge >= 0.3 is 6.18 Å². The van der Waals surface area contributed by atoms with E-state index < -0.39 is 31.8 Å². The lowest BCUT2D eigenvalue weighted by Crippen LogP contribution is -2.40. The van der Waals surface area contributed by atoms with E-state index in [1.807, 2.05) is 0 Å². The van der Waals surface area contributed by atoms with Crippen molar-refractivity contribution in [3.8, 4) is 0 Å². The molecule has 0 saturated heterocycles. The van der Waals surface area contributed by atoms with Crippen LogP contribution in [0.3, 0.4) is 0 Å². The summed E-state index contributed by atoms with van der Waals surface area (Å²) in [5.41, 5.74) is -0.128. The smallest absolute Gasteiger partial charge is 0.395 e. The number of halogens is 4. The molecule has 0 aliphatic rings. The van der Waals surface area contributed by atoms with Crippen LogP contribution in [-0.2, 0) is 0 Å². The molecule has 0 fully saturated rings. The van der Waals surface area contributed by atoms with Gasteiger partial charge in [0.25, 0.3) is 5.91 Å². The predicted octanol–water partition coefficient (Wildman–Crippen LogP) is 1.73. The maximum atomic E-state index is 12.3. The molecule has 1 rings (SSSR count). The van der Waals surface area contributed by atoms with E-state index in [0.29, 0.717) is 4.90 Å². The lowest BCUT2D eigenvalue weighted by Gasteiger charge is -2.23. The number of aliphatic hydroxyl groups excluding tert-OH is 1. The van der Waals surface area contributed by atoms with E-state index in [4.69, 9.17) is 16.7 Å². The summed E-state index contributed by atoms with van der Waals surface area (Å²) in [6.45, 7) is -2.44. The average Bonchev–Trinajstić information content (AvgIpc) is 2.26. The van der Waals surface area contributed by atoms with Crippen LogP contribution >= 0.6 is 11.6 Å². The number of carbonyl (C=O) groups excluding carboxylic acids is 1. The second kappa shape index (κ2) is 6.01. The molecule has 0 atom stereocenters. The number of amides is 1. The van der Waals surface area contributed by atoms with Gasteiger partial charge in [-0.15, -0.1) is 0 Å². The standard InChI is InChI=1S/C10H10ClF3N2O2/c11-8-7(2-1-3-15-8)9(18)16(4-5-17)6-10(12,13)14/h1-3,17H,4-6H2. The highest BCUT2D eigenvalue weighted by Gasteiger charge is 2.33. The second-order valence-corrected chi connectivity index (χ2v) is 3.77. The second-order valence-electron chi connectivity index (χ2n) is 3.41. The Morgan fingerprint density at radius 3 is 2.67 bits per heavy atom. The van der Waals surface area contributed by atoms with Crippen molar-refractivity contribution in [1.29, 1.82) is 0 Å². The molecule has 1 heterocycles. The third kappa shape index (κ3) is 4.15. The van der Waals surface area contributed by atoms with Gasteiger partial charge in [0.2, 0.25) is 0 Å². The quantitative estimate of drug-likeness (QED) is 0.856. The zero-order valence-electron chi connectivity index (χ0n) is 9.12. The van der Waals surface area contributed by atoms with Crippen molar-refractivity contribution in [1.82, 2.24) is 9.88 Å². The van der Waals surface area contributed by atoms with Crippen LogP contribution in [0, 0.1) is 0 Å². The van der Waals surface area contributed by atoms with Gasteiger partial charge in [-0.25, -0.2) is 4.98 Å². The molecule has 0 bridgehead atoms. The summed E-state index contributed by atoms with van der Waals surface area (Å²) in [7, 11) is 0. The molecular weight excluding hydrogens is 273 g/mol. The van der Waals surface area contributed by atoms with E-state index in [2.05, 4.69) is 4.98 Å². The average molecular weight is 283 g/mol. The Bertz CT molecular complexity index is 426. The number of aliphatic hydroxyl groups is 1. The van der Waals surface area contributed by atoms with E-state index in [1.165, 1.54) is 18.3 Å². The van der Waals surface area contributed by atoms with Crippen molar-refractivity contribution in [3.05, 3.63) is 29.0 Å². The lowest BCUT2D eigenvalue weighted by atomic mass is 10.2. The van der Waals surface area contributed by atoms with Gasteiger partial charge in [-0.2, -0.15) is 13.2 Å². The van der Waals surface area contributed by atoms with E-state index in [0.717, 1.165) is 0 Å². The minimum atomic E-state index is -4.54. The zero-order chi connectivity index (χ0) is 13.8. The Kier molecular flexibility index (Phi) is 4.92. The number of hydrogen-bond acceptors (Lipinski definition) is 3. The van der Waals surface area contributed by atoms with E-state index in [9.17, 15) is 18.0 Å². The van der Waals surface area contributed by atoms with Gasteiger partial charge in [-0.3, -0.25) is 4.79 Å². The van der Waals surface area contributed by atoms with Crippen LogP contribution in [0.1, 0.15) is 10.4 Å². The Balaban J connectivity index is 2.93. The normalized spacial score (nSPS) is 11.4. The van der Waals surface area contributed by atoms with Gasteiger partial charge < -0.3 is 10.0 Å². The summed E-state index contributed by atoms with van der Waals surface area (Å²) >= 11 is 5.63. The first-order valence-corrected chi connectivity index (χ1v) is 5.30. The van der Waals surface area contributed by atoms with Crippen molar-refractivity contribution in [2.24, 2.45) is 0 Å². The molecule has 4 nitrogen and oxygen atoms in total. The SMILES string of the molecule is O=C(c1cccnc1Cl)N(CCO)CC(F)(F)F. The van der Waals surface area contributed by atoms with Gasteiger partial charge in [0, 0.05) is 12.7 Å². The summed E-state index contributed by atoms with van der Waals surface area (Å²) in [5.74, 6) is -0.917. The van der Waals surface area contributed by atoms with Gasteiger partial charge in [0.15, 0.2) is 0 Å². The topological polar surface area (TPSA) is 53.4 Å². The van der Waals surface area contributed by atoms with Crippen LogP contribution in [0.2, 0.25) is 5.15 Å². The summed E-state index contributed by atoms with van der Waals surface area (Å²) < 4.78 is 36.8. The number of aromatic nitrogens is 1. The Morgan fingerprint density at radius 1 is 1.50 bits per heavy atom. The number of rotatable bonds is 4. The minimum absolute atomic E-state index is 0.128. The number of carbonyl (C=O) groups is 1. The summed E-state index contributed by atoms with van der Waals surface area (Å²) in [5, 5.41) is 8.52. The molecule has 1 aromatic rings. The third-order valence-electron chi connectivity index (χ3n) is 2.02. The van der Waals surface area contributed by atoms with Crippen molar-refractivity contribution in [2.75, 3.05) is 19.7 Å². The highest BCUT2D eigenvalue weighted by Crippen LogP contribution is 2.20. The summed E-state index contributed by atoms with van der Waals surface area (Å²) in [6.07, 6.45) is -3.22. The van der Waals surface area contributed by atoms with Gasteiger partial charge in [-0.05, 0) is 12.1 Å². The summed E-state index contributed by atoms with van der Waals surface area (Å²) in [6, 6.07) is 2.67. The Labute approximate surface area is 106 Å². The molecule has 0 aliphatic carbocycles. The molecule has 18 heavy (non-hydrogen) atoms. The largest absolute Gasteiger partial charge is 0.406 e. The van der Waals surface area contributed by atoms with Crippen LogP contribution in [0.4, 0.5) is 13.2 Å². The fourth-order valence-electron chi connectivity index (χ4n) is 1.31. The molecule has 0 aromatic carbocycles. The zero-order valence-corrected chi connectivity index (χ0v) is 9.87. The molecule has 0 saturated carbocycles. The molecule has 0 aliphatic heterocycles. The molecule has 0 radical (unpaired) electrons. The third-order valence-corrected chi connectivity index (χ3v) is 2.32. The number of alkyl halides is 3. The highest BCUT2D eigenvalue weighted by atomic mass is 35.5. The van der Waals surface area contributed by atoms with Crippen LogP contribution in [0.5, 0.6) is 0 Å². The number of nitrogens with zero attached hydrogens (tertiary/aromatic N) is 2. The molecule has 1 aromatic heterocycles. The molecule has 1 N–H and O–H groups in total. The molecule has 8 heteroatoms. The molecular formula is C10H10ClF3N2O2. The van der Waals surface area contributed by atoms with Gasteiger partial charge in [-0.1, -0.05) is 11.6 Å². The molecule has 1 amide bonds. The first-order valence-electron chi connectivity index (χ1n) is 4.92. The van der Waals surface area contributed by atoms with Crippen molar-refractivity contribution >= 4 is 17.5 Å². The van der Waals surface area contributed by atoms with E-state index in [-0.39, 0.29) is 10.7 Å². The fraction of sp³-hybridized carbons (Fsp3) is 0.400. The Morgan fingerprint density at radius 2 is 2.17 bits per heavy atom. The van der Waals surface area contributed by atoms with Gasteiger partial charge in [0.05, 0.1) is 12.2 Å². The lowest BCUT2D eigenvalue weighted by molar-refractivity contribution is -0.141. The fourth-order valence-corrected chi connectivity index (χ4v) is 1.51. The van der Waals surface area contributed by atoms with Crippen LogP contribution < -0.4 is 0 Å². The molecule has 0 unspecified atom stereocenters. The van der Waals surface area contributed by atoms with Crippen molar-refractivity contribution < 1.29 is 23.1 Å². The Hall–Kier alpha value is -1.34. The van der Waals surface area contributed by atoms with Crippen LogP contribution in [0.25, 0.3) is 0 Å². The maximum Gasteiger partial charge on any atom is 0.406 e. The van der Waals surface area contributed by atoms with Crippen LogP contribution in [0.15, 0.2) is 18.3 Å². The molecule has 0 spiro atoms. The highest BCUT2D eigenvalue weighted by molar-refractivity contribution is 6.32. The van der Waals surface area contributed by atoms with Crippen molar-refractivity contribution in [2.45, 2.75) is 6.18 Å². The monoisotopic (exact) mass is 282 g/mol. The summed E-state index contributed by atoms with van der Waals surface area (Å²) in [4.78, 5) is 15.9. The van der Waals surface area contributed by atoms with E-state index >= 15 is 0 Å².